The standard InChI is InChI=1S/C14H17N3O/c1-16-8-7-12(9-16)17-10-13(14(18)15-17)11-5-3-2-4-6-11/h2-6,10,12H,7-9H2,1H3,(H,15,18). The van der Waals surface area contributed by atoms with Crippen molar-refractivity contribution >= 4 is 0 Å². The van der Waals surface area contributed by atoms with Gasteiger partial charge in [-0.25, -0.2) is 0 Å². The number of aromatic nitrogens is 2. The molecule has 0 amide bonds. The summed E-state index contributed by atoms with van der Waals surface area (Å²) in [5, 5.41) is 2.94. The molecule has 3 rings (SSSR count). The Hall–Kier alpha value is -1.81. The number of H-pyrrole nitrogens is 1. The Balaban J connectivity index is 1.94. The maximum atomic E-state index is 12.0. The maximum Gasteiger partial charge on any atom is 0.271 e. The highest BCUT2D eigenvalue weighted by Gasteiger charge is 2.22. The van der Waals surface area contributed by atoms with Gasteiger partial charge < -0.3 is 4.90 Å². The lowest BCUT2D eigenvalue weighted by molar-refractivity contribution is 0.381. The van der Waals surface area contributed by atoms with Crippen molar-refractivity contribution in [3.63, 3.8) is 0 Å². The quantitative estimate of drug-likeness (QED) is 0.872. The van der Waals surface area contributed by atoms with E-state index < -0.39 is 0 Å². The van der Waals surface area contributed by atoms with E-state index in [0.717, 1.165) is 30.6 Å². The van der Waals surface area contributed by atoms with E-state index in [1.165, 1.54) is 0 Å². The van der Waals surface area contributed by atoms with E-state index >= 15 is 0 Å². The molecular formula is C14H17N3O. The Kier molecular flexibility index (Phi) is 2.80. The van der Waals surface area contributed by atoms with Crippen molar-refractivity contribution in [3.8, 4) is 11.1 Å². The minimum atomic E-state index is -0.00393. The largest absolute Gasteiger partial charge is 0.304 e. The van der Waals surface area contributed by atoms with Crippen LogP contribution >= 0.6 is 0 Å². The van der Waals surface area contributed by atoms with E-state index in [1.54, 1.807) is 0 Å². The topological polar surface area (TPSA) is 41.0 Å². The predicted molar refractivity (Wildman–Crippen MR) is 71.6 cm³/mol. The summed E-state index contributed by atoms with van der Waals surface area (Å²) >= 11 is 0. The van der Waals surface area contributed by atoms with Crippen molar-refractivity contribution in [1.29, 1.82) is 0 Å². The van der Waals surface area contributed by atoms with Crippen molar-refractivity contribution in [1.82, 2.24) is 14.7 Å². The zero-order valence-corrected chi connectivity index (χ0v) is 10.5. The van der Waals surface area contributed by atoms with Crippen molar-refractivity contribution in [2.24, 2.45) is 0 Å². The van der Waals surface area contributed by atoms with Gasteiger partial charge in [0.2, 0.25) is 0 Å². The Bertz CT molecular complexity index is 585. The van der Waals surface area contributed by atoms with Gasteiger partial charge in [0, 0.05) is 12.7 Å². The van der Waals surface area contributed by atoms with Crippen LogP contribution in [-0.4, -0.2) is 34.8 Å². The van der Waals surface area contributed by atoms with Crippen LogP contribution in [-0.2, 0) is 0 Å². The van der Waals surface area contributed by atoms with Gasteiger partial charge in [-0.1, -0.05) is 30.3 Å². The number of likely N-dealkylation sites (tertiary alicyclic amines) is 1. The molecule has 1 aliphatic rings. The van der Waals surface area contributed by atoms with Gasteiger partial charge in [0.15, 0.2) is 0 Å². The second-order valence-corrected chi connectivity index (χ2v) is 4.96. The highest BCUT2D eigenvalue weighted by Crippen LogP contribution is 2.21. The van der Waals surface area contributed by atoms with Gasteiger partial charge in [-0.3, -0.25) is 14.6 Å². The summed E-state index contributed by atoms with van der Waals surface area (Å²) in [4.78, 5) is 14.3. The van der Waals surface area contributed by atoms with E-state index in [4.69, 9.17) is 0 Å². The molecule has 4 nitrogen and oxygen atoms in total. The fourth-order valence-electron chi connectivity index (χ4n) is 2.57. The zero-order chi connectivity index (χ0) is 12.5. The van der Waals surface area contributed by atoms with Gasteiger partial charge in [-0.05, 0) is 25.6 Å². The van der Waals surface area contributed by atoms with E-state index in [9.17, 15) is 4.79 Å². The van der Waals surface area contributed by atoms with E-state index in [-0.39, 0.29) is 5.56 Å². The second-order valence-electron chi connectivity index (χ2n) is 4.96. The lowest BCUT2D eigenvalue weighted by Crippen LogP contribution is -2.17. The fraction of sp³-hybridized carbons (Fsp3) is 0.357. The molecule has 1 saturated heterocycles. The third-order valence-electron chi connectivity index (χ3n) is 3.59. The molecule has 1 fully saturated rings. The molecule has 2 aromatic rings. The Morgan fingerprint density at radius 1 is 1.28 bits per heavy atom. The molecule has 0 spiro atoms. The fourth-order valence-corrected chi connectivity index (χ4v) is 2.57. The van der Waals surface area contributed by atoms with Crippen molar-refractivity contribution in [2.75, 3.05) is 20.1 Å². The summed E-state index contributed by atoms with van der Waals surface area (Å²) in [5.41, 5.74) is 1.73. The Morgan fingerprint density at radius 3 is 2.72 bits per heavy atom. The number of nitrogens with zero attached hydrogens (tertiary/aromatic N) is 2. The monoisotopic (exact) mass is 243 g/mol. The summed E-state index contributed by atoms with van der Waals surface area (Å²) in [6.45, 7) is 2.09. The number of hydrogen-bond donors (Lipinski definition) is 1. The highest BCUT2D eigenvalue weighted by atomic mass is 16.1. The first kappa shape index (κ1) is 11.3. The Morgan fingerprint density at radius 2 is 2.06 bits per heavy atom. The highest BCUT2D eigenvalue weighted by molar-refractivity contribution is 5.61. The molecular weight excluding hydrogens is 226 g/mol. The summed E-state index contributed by atoms with van der Waals surface area (Å²) in [7, 11) is 2.11. The van der Waals surface area contributed by atoms with Crippen LogP contribution in [0.2, 0.25) is 0 Å². The molecule has 1 N–H and O–H groups in total. The van der Waals surface area contributed by atoms with Crippen LogP contribution in [0.3, 0.4) is 0 Å². The van der Waals surface area contributed by atoms with Gasteiger partial charge in [0.05, 0.1) is 11.6 Å². The summed E-state index contributed by atoms with van der Waals surface area (Å²) in [6.07, 6.45) is 3.04. The van der Waals surface area contributed by atoms with E-state index in [2.05, 4.69) is 17.0 Å². The third kappa shape index (κ3) is 1.99. The number of hydrogen-bond acceptors (Lipinski definition) is 2. The summed E-state index contributed by atoms with van der Waals surface area (Å²) in [5.74, 6) is 0. The molecule has 1 aromatic heterocycles. The number of aromatic amines is 1. The molecule has 1 aromatic carbocycles. The number of likely N-dealkylation sites (N-methyl/N-ethyl adjacent to an activating group) is 1. The predicted octanol–water partition coefficient (Wildman–Crippen LogP) is 1.72. The minimum absolute atomic E-state index is 0.00393. The SMILES string of the molecule is CN1CCC(n2cc(-c3ccccc3)c(=O)[nH]2)C1. The van der Waals surface area contributed by atoms with Gasteiger partial charge in [-0.2, -0.15) is 0 Å². The first-order chi connectivity index (χ1) is 8.74. The lowest BCUT2D eigenvalue weighted by atomic mass is 10.1. The second kappa shape index (κ2) is 4.46. The van der Waals surface area contributed by atoms with Crippen molar-refractivity contribution < 1.29 is 0 Å². The van der Waals surface area contributed by atoms with Gasteiger partial charge in [-0.15, -0.1) is 0 Å². The van der Waals surface area contributed by atoms with Gasteiger partial charge in [0.1, 0.15) is 0 Å². The van der Waals surface area contributed by atoms with Crippen LogP contribution < -0.4 is 5.56 Å². The zero-order valence-electron chi connectivity index (χ0n) is 10.5. The van der Waals surface area contributed by atoms with Crippen LogP contribution in [0.15, 0.2) is 41.3 Å². The number of benzene rings is 1. The molecule has 0 aliphatic carbocycles. The third-order valence-corrected chi connectivity index (χ3v) is 3.59. The Labute approximate surface area is 106 Å². The molecule has 18 heavy (non-hydrogen) atoms. The summed E-state index contributed by atoms with van der Waals surface area (Å²) < 4.78 is 1.97. The van der Waals surface area contributed by atoms with Crippen LogP contribution in [0.25, 0.3) is 11.1 Å². The van der Waals surface area contributed by atoms with Crippen molar-refractivity contribution in [3.05, 3.63) is 46.9 Å². The molecule has 0 saturated carbocycles. The van der Waals surface area contributed by atoms with Crippen molar-refractivity contribution in [2.45, 2.75) is 12.5 Å². The first-order valence-corrected chi connectivity index (χ1v) is 6.29. The van der Waals surface area contributed by atoms with Crippen LogP contribution in [0.5, 0.6) is 0 Å². The molecule has 94 valence electrons. The number of rotatable bonds is 2. The first-order valence-electron chi connectivity index (χ1n) is 6.29. The van der Waals surface area contributed by atoms with Crippen LogP contribution in [0.4, 0.5) is 0 Å². The average molecular weight is 243 g/mol. The summed E-state index contributed by atoms with van der Waals surface area (Å²) in [6, 6.07) is 10.2. The molecule has 0 bridgehead atoms. The molecule has 4 heteroatoms. The molecule has 2 heterocycles. The molecule has 1 unspecified atom stereocenters. The van der Waals surface area contributed by atoms with E-state index in [1.807, 2.05) is 41.2 Å². The molecule has 1 atom stereocenters. The normalized spacial score (nSPS) is 20.4. The van der Waals surface area contributed by atoms with Gasteiger partial charge in [0.25, 0.3) is 5.56 Å². The minimum Gasteiger partial charge on any atom is -0.304 e. The lowest BCUT2D eigenvalue weighted by Gasteiger charge is -2.11. The molecule has 0 radical (unpaired) electrons. The van der Waals surface area contributed by atoms with E-state index in [0.29, 0.717) is 6.04 Å². The van der Waals surface area contributed by atoms with Crippen LogP contribution in [0, 0.1) is 0 Å². The maximum absolute atomic E-state index is 12.0. The van der Waals surface area contributed by atoms with Gasteiger partial charge >= 0.3 is 0 Å². The smallest absolute Gasteiger partial charge is 0.271 e. The molecule has 1 aliphatic heterocycles. The average Bonchev–Trinajstić information content (AvgIpc) is 2.97. The van der Waals surface area contributed by atoms with Crippen LogP contribution in [0.1, 0.15) is 12.5 Å². The number of nitrogens with one attached hydrogen (secondary N) is 1.